The van der Waals surface area contributed by atoms with Crippen LogP contribution in [0.4, 0.5) is 0 Å². The molecule has 0 N–H and O–H groups in total. The monoisotopic (exact) mass is 257 g/mol. The molecule has 4 heteroatoms. The van der Waals surface area contributed by atoms with E-state index in [0.29, 0.717) is 11.3 Å². The molecule has 0 fully saturated rings. The van der Waals surface area contributed by atoms with Crippen LogP contribution in [0.2, 0.25) is 0 Å². The molecular weight excluding hydrogens is 246 g/mol. The Morgan fingerprint density at radius 2 is 2.17 bits per heavy atom. The lowest BCUT2D eigenvalue weighted by Crippen LogP contribution is -2.32. The smallest absolute Gasteiger partial charge is 0.205 e. The molecule has 1 aromatic carbocycles. The van der Waals surface area contributed by atoms with Crippen LogP contribution in [0.15, 0.2) is 53.7 Å². The Morgan fingerprint density at radius 1 is 1.28 bits per heavy atom. The summed E-state index contributed by atoms with van der Waals surface area (Å²) in [4.78, 5) is 17.3. The molecule has 3 rings (SSSR count). The maximum absolute atomic E-state index is 12.2. The Hall–Kier alpha value is -1.81. The first-order valence-electron chi connectivity index (χ1n) is 5.67. The van der Waals surface area contributed by atoms with Crippen LogP contribution in [0.25, 0.3) is 0 Å². The molecule has 2 heterocycles. The number of hydrogen-bond donors (Lipinski definition) is 0. The Bertz CT molecular complexity index is 571. The summed E-state index contributed by atoms with van der Waals surface area (Å²) in [5.41, 5.74) is 0.600. The van der Waals surface area contributed by atoms with Crippen LogP contribution >= 0.6 is 11.8 Å². The number of carbonyl (C=O) groups excluding carboxylic acids is 1. The first-order valence-corrected chi connectivity index (χ1v) is 6.66. The fourth-order valence-corrected chi connectivity index (χ4v) is 2.83. The van der Waals surface area contributed by atoms with Crippen molar-refractivity contribution in [2.24, 2.45) is 0 Å². The van der Waals surface area contributed by atoms with Gasteiger partial charge in [0.25, 0.3) is 0 Å². The second-order valence-corrected chi connectivity index (χ2v) is 5.03. The van der Waals surface area contributed by atoms with Crippen LogP contribution < -0.4 is 4.74 Å². The van der Waals surface area contributed by atoms with E-state index in [0.717, 1.165) is 10.6 Å². The minimum atomic E-state index is -0.422. The standard InChI is InChI=1S/C14H11NO2S/c16-14(10-4-3-7-15-8-10)12-9-18-13-6-2-1-5-11(13)17-12/h1-8,12H,9H2. The molecule has 3 nitrogen and oxygen atoms in total. The van der Waals surface area contributed by atoms with Crippen molar-refractivity contribution < 1.29 is 9.53 Å². The second kappa shape index (κ2) is 4.82. The van der Waals surface area contributed by atoms with E-state index in [1.807, 2.05) is 24.3 Å². The normalized spacial score (nSPS) is 17.7. The number of carbonyl (C=O) groups is 1. The van der Waals surface area contributed by atoms with Gasteiger partial charge in [0.1, 0.15) is 5.75 Å². The summed E-state index contributed by atoms with van der Waals surface area (Å²) in [5.74, 6) is 1.42. The maximum Gasteiger partial charge on any atom is 0.205 e. The molecule has 0 radical (unpaired) electrons. The van der Waals surface area contributed by atoms with Crippen LogP contribution in [0.5, 0.6) is 5.75 Å². The van der Waals surface area contributed by atoms with Crippen molar-refractivity contribution in [3.05, 3.63) is 54.4 Å². The van der Waals surface area contributed by atoms with Crippen molar-refractivity contribution in [1.29, 1.82) is 0 Å². The van der Waals surface area contributed by atoms with Gasteiger partial charge in [-0.2, -0.15) is 0 Å². The predicted molar refractivity (Wildman–Crippen MR) is 70.1 cm³/mol. The van der Waals surface area contributed by atoms with Gasteiger partial charge in [-0.1, -0.05) is 12.1 Å². The van der Waals surface area contributed by atoms with Crippen molar-refractivity contribution in [2.45, 2.75) is 11.0 Å². The zero-order valence-electron chi connectivity index (χ0n) is 9.58. The lowest BCUT2D eigenvalue weighted by molar-refractivity contribution is 0.0814. The number of ether oxygens (including phenoxy) is 1. The summed E-state index contributed by atoms with van der Waals surface area (Å²) in [6, 6.07) is 11.3. The molecule has 0 aliphatic carbocycles. The van der Waals surface area contributed by atoms with Crippen LogP contribution in [-0.2, 0) is 0 Å². The van der Waals surface area contributed by atoms with Crippen LogP contribution in [0.1, 0.15) is 10.4 Å². The fraction of sp³-hybridized carbons (Fsp3) is 0.143. The Balaban J connectivity index is 1.82. The second-order valence-electron chi connectivity index (χ2n) is 3.97. The van der Waals surface area contributed by atoms with Gasteiger partial charge in [0.05, 0.1) is 0 Å². The number of benzene rings is 1. The van der Waals surface area contributed by atoms with Crippen molar-refractivity contribution in [3.63, 3.8) is 0 Å². The quantitative estimate of drug-likeness (QED) is 0.775. The zero-order valence-corrected chi connectivity index (χ0v) is 10.4. The third-order valence-corrected chi connectivity index (χ3v) is 3.86. The van der Waals surface area contributed by atoms with Crippen molar-refractivity contribution in [1.82, 2.24) is 4.98 Å². The molecule has 2 aromatic rings. The summed E-state index contributed by atoms with van der Waals surface area (Å²) in [5, 5.41) is 0. The van der Waals surface area contributed by atoms with Crippen molar-refractivity contribution in [3.8, 4) is 5.75 Å². The predicted octanol–water partition coefficient (Wildman–Crippen LogP) is 2.82. The number of hydrogen-bond acceptors (Lipinski definition) is 4. The highest BCUT2D eigenvalue weighted by Gasteiger charge is 2.27. The Morgan fingerprint density at radius 3 is 3.00 bits per heavy atom. The van der Waals surface area contributed by atoms with E-state index < -0.39 is 6.10 Å². The molecule has 0 spiro atoms. The SMILES string of the molecule is O=C(c1cccnc1)C1CSc2ccccc2O1. The van der Waals surface area contributed by atoms with E-state index in [1.165, 1.54) is 0 Å². The number of pyridine rings is 1. The topological polar surface area (TPSA) is 39.2 Å². The number of rotatable bonds is 2. The van der Waals surface area contributed by atoms with Crippen molar-refractivity contribution >= 4 is 17.5 Å². The Kier molecular flexibility index (Phi) is 3.02. The van der Waals surface area contributed by atoms with Gasteiger partial charge in [-0.15, -0.1) is 11.8 Å². The number of para-hydroxylation sites is 1. The van der Waals surface area contributed by atoms with Gasteiger partial charge in [-0.3, -0.25) is 9.78 Å². The molecule has 1 unspecified atom stereocenters. The lowest BCUT2D eigenvalue weighted by atomic mass is 10.1. The molecule has 1 aliphatic rings. The zero-order chi connectivity index (χ0) is 12.4. The van der Waals surface area contributed by atoms with Crippen molar-refractivity contribution in [2.75, 3.05) is 5.75 Å². The third-order valence-electron chi connectivity index (χ3n) is 2.75. The van der Waals surface area contributed by atoms with Crippen LogP contribution in [-0.4, -0.2) is 22.6 Å². The van der Waals surface area contributed by atoms with Gasteiger partial charge in [-0.25, -0.2) is 0 Å². The summed E-state index contributed by atoms with van der Waals surface area (Å²) >= 11 is 1.65. The van der Waals surface area contributed by atoms with E-state index in [-0.39, 0.29) is 5.78 Å². The number of aromatic nitrogens is 1. The number of fused-ring (bicyclic) bond motifs is 1. The van der Waals surface area contributed by atoms with Gasteiger partial charge in [-0.05, 0) is 24.3 Å². The molecule has 1 aliphatic heterocycles. The maximum atomic E-state index is 12.2. The molecule has 1 aromatic heterocycles. The van der Waals surface area contributed by atoms with Gasteiger partial charge >= 0.3 is 0 Å². The summed E-state index contributed by atoms with van der Waals surface area (Å²) in [6.45, 7) is 0. The number of nitrogens with zero attached hydrogens (tertiary/aromatic N) is 1. The van der Waals surface area contributed by atoms with Gasteiger partial charge in [0, 0.05) is 28.6 Å². The highest BCUT2D eigenvalue weighted by molar-refractivity contribution is 7.99. The van der Waals surface area contributed by atoms with Gasteiger partial charge < -0.3 is 4.74 Å². The minimum absolute atomic E-state index is 0.00916. The molecule has 0 amide bonds. The average Bonchev–Trinajstić information content (AvgIpc) is 2.47. The lowest BCUT2D eigenvalue weighted by Gasteiger charge is -2.24. The number of thioether (sulfide) groups is 1. The molecule has 0 saturated carbocycles. The van der Waals surface area contributed by atoms with E-state index in [9.17, 15) is 4.79 Å². The van der Waals surface area contributed by atoms with Crippen LogP contribution in [0.3, 0.4) is 0 Å². The molecule has 0 saturated heterocycles. The van der Waals surface area contributed by atoms with E-state index in [4.69, 9.17) is 4.74 Å². The summed E-state index contributed by atoms with van der Waals surface area (Å²) in [6.07, 6.45) is 2.81. The Labute approximate surface area is 109 Å². The van der Waals surface area contributed by atoms with Gasteiger partial charge in [0.15, 0.2) is 6.10 Å². The molecule has 18 heavy (non-hydrogen) atoms. The highest BCUT2D eigenvalue weighted by Crippen LogP contribution is 2.35. The molecule has 90 valence electrons. The van der Waals surface area contributed by atoms with E-state index in [1.54, 1.807) is 36.3 Å². The van der Waals surface area contributed by atoms with Gasteiger partial charge in [0.2, 0.25) is 5.78 Å². The van der Waals surface area contributed by atoms with Crippen LogP contribution in [0, 0.1) is 0 Å². The molecular formula is C14H11NO2S. The largest absolute Gasteiger partial charge is 0.480 e. The minimum Gasteiger partial charge on any atom is -0.480 e. The number of Topliss-reactive ketones (excluding diaryl/α,β-unsaturated/α-hetero) is 1. The number of ketones is 1. The fourth-order valence-electron chi connectivity index (χ4n) is 1.84. The first kappa shape index (κ1) is 11.3. The average molecular weight is 257 g/mol. The van der Waals surface area contributed by atoms with E-state index in [2.05, 4.69) is 4.98 Å². The summed E-state index contributed by atoms with van der Waals surface area (Å²) < 4.78 is 5.75. The third kappa shape index (κ3) is 2.11. The van der Waals surface area contributed by atoms with E-state index >= 15 is 0 Å². The summed E-state index contributed by atoms with van der Waals surface area (Å²) in [7, 11) is 0. The molecule has 1 atom stereocenters. The highest BCUT2D eigenvalue weighted by atomic mass is 32.2. The first-order chi connectivity index (χ1) is 8.84. The molecule has 0 bridgehead atoms.